The standard InChI is InChI=1S/C14H16O2S6/c1-6(15)10(7(2)16)20-12-9(4)19-14(22-12)13-18-8(3)11(17-5)21-13/h10H,1-5H3/b14-13+. The van der Waals surface area contributed by atoms with Crippen LogP contribution >= 0.6 is 70.6 Å². The fourth-order valence-electron chi connectivity index (χ4n) is 1.73. The zero-order valence-corrected chi connectivity index (χ0v) is 17.7. The number of Topliss-reactive ketones (excluding diaryl/α,β-unsaturated/α-hetero) is 2. The number of thioether (sulfide) groups is 6. The molecule has 2 aliphatic rings. The first-order chi connectivity index (χ1) is 10.3. The Morgan fingerprint density at radius 2 is 1.32 bits per heavy atom. The molecule has 2 heterocycles. The number of ketones is 2. The first-order valence-electron chi connectivity index (χ1n) is 6.42. The number of carbonyl (C=O) groups excluding carboxylic acids is 2. The summed E-state index contributed by atoms with van der Waals surface area (Å²) in [5.74, 6) is -0.146. The molecule has 2 nitrogen and oxygen atoms in total. The summed E-state index contributed by atoms with van der Waals surface area (Å²) in [7, 11) is 0. The Morgan fingerprint density at radius 3 is 1.73 bits per heavy atom. The summed E-state index contributed by atoms with van der Waals surface area (Å²) >= 11 is 10.3. The van der Waals surface area contributed by atoms with Gasteiger partial charge in [-0.2, -0.15) is 0 Å². The van der Waals surface area contributed by atoms with E-state index in [9.17, 15) is 9.59 Å². The number of carbonyl (C=O) groups is 2. The van der Waals surface area contributed by atoms with Crippen molar-refractivity contribution in [3.63, 3.8) is 0 Å². The van der Waals surface area contributed by atoms with Gasteiger partial charge in [-0.3, -0.25) is 9.59 Å². The van der Waals surface area contributed by atoms with Gasteiger partial charge in [-0.25, -0.2) is 0 Å². The average Bonchev–Trinajstić information content (AvgIpc) is 2.98. The molecule has 0 atom stereocenters. The summed E-state index contributed by atoms with van der Waals surface area (Å²) in [5, 5.41) is -0.576. The van der Waals surface area contributed by atoms with Crippen LogP contribution in [0.15, 0.2) is 26.8 Å². The van der Waals surface area contributed by atoms with Crippen molar-refractivity contribution < 1.29 is 9.59 Å². The lowest BCUT2D eigenvalue weighted by atomic mass is 10.2. The molecule has 0 saturated carbocycles. The Kier molecular flexibility index (Phi) is 7.04. The van der Waals surface area contributed by atoms with Crippen LogP contribution in [-0.2, 0) is 9.59 Å². The summed E-state index contributed by atoms with van der Waals surface area (Å²) in [6.07, 6.45) is 2.10. The molecule has 0 amide bonds. The summed E-state index contributed by atoms with van der Waals surface area (Å²) in [4.78, 5) is 25.8. The van der Waals surface area contributed by atoms with E-state index < -0.39 is 5.25 Å². The molecule has 8 heteroatoms. The predicted molar refractivity (Wildman–Crippen MR) is 109 cm³/mol. The molecular formula is C14H16O2S6. The van der Waals surface area contributed by atoms with Gasteiger partial charge in [-0.15, -0.1) is 11.8 Å². The third-order valence-electron chi connectivity index (χ3n) is 2.75. The van der Waals surface area contributed by atoms with Crippen LogP contribution in [0.2, 0.25) is 0 Å². The van der Waals surface area contributed by atoms with E-state index in [1.807, 2.05) is 23.5 Å². The Hall–Kier alpha value is 0.660. The van der Waals surface area contributed by atoms with Gasteiger partial charge in [-0.1, -0.05) is 58.8 Å². The van der Waals surface area contributed by atoms with E-state index in [4.69, 9.17) is 0 Å². The van der Waals surface area contributed by atoms with Gasteiger partial charge in [0.2, 0.25) is 0 Å². The molecule has 0 aromatic heterocycles. The van der Waals surface area contributed by atoms with Gasteiger partial charge in [0.25, 0.3) is 0 Å². The van der Waals surface area contributed by atoms with Crippen LogP contribution in [-0.4, -0.2) is 23.1 Å². The number of hydrogen-bond donors (Lipinski definition) is 0. The van der Waals surface area contributed by atoms with E-state index in [0.717, 1.165) is 4.24 Å². The quantitative estimate of drug-likeness (QED) is 0.505. The minimum Gasteiger partial charge on any atom is -0.298 e. The largest absolute Gasteiger partial charge is 0.298 e. The van der Waals surface area contributed by atoms with Crippen molar-refractivity contribution in [2.24, 2.45) is 0 Å². The zero-order valence-electron chi connectivity index (χ0n) is 12.8. The van der Waals surface area contributed by atoms with Gasteiger partial charge in [-0.05, 0) is 34.0 Å². The van der Waals surface area contributed by atoms with Crippen LogP contribution in [0.5, 0.6) is 0 Å². The topological polar surface area (TPSA) is 34.1 Å². The predicted octanol–water partition coefficient (Wildman–Crippen LogP) is 6.09. The molecule has 0 radical (unpaired) electrons. The van der Waals surface area contributed by atoms with Crippen LogP contribution in [0.3, 0.4) is 0 Å². The van der Waals surface area contributed by atoms with Gasteiger partial charge < -0.3 is 0 Å². The van der Waals surface area contributed by atoms with Crippen molar-refractivity contribution in [2.75, 3.05) is 6.26 Å². The minimum absolute atomic E-state index is 0.0729. The molecule has 0 N–H and O–H groups in total. The Bertz CT molecular complexity index is 603. The van der Waals surface area contributed by atoms with Crippen LogP contribution in [0.25, 0.3) is 0 Å². The van der Waals surface area contributed by atoms with Crippen molar-refractivity contribution >= 4 is 82.1 Å². The lowest BCUT2D eigenvalue weighted by Crippen LogP contribution is -2.22. The number of allylic oxidation sites excluding steroid dienone is 2. The molecule has 2 aliphatic heterocycles. The van der Waals surface area contributed by atoms with E-state index in [1.54, 1.807) is 35.3 Å². The van der Waals surface area contributed by atoms with Crippen molar-refractivity contribution in [2.45, 2.75) is 32.9 Å². The number of hydrogen-bond acceptors (Lipinski definition) is 8. The smallest absolute Gasteiger partial charge is 0.150 e. The fourth-order valence-corrected chi connectivity index (χ4v) is 9.77. The third-order valence-corrected chi connectivity index (χ3v) is 11.7. The summed E-state index contributed by atoms with van der Waals surface area (Å²) in [6, 6.07) is 0. The maximum absolute atomic E-state index is 11.6. The summed E-state index contributed by atoms with van der Waals surface area (Å²) in [6.45, 7) is 7.19. The highest BCUT2D eigenvalue weighted by Gasteiger charge is 2.30. The van der Waals surface area contributed by atoms with E-state index >= 15 is 0 Å². The molecule has 22 heavy (non-hydrogen) atoms. The summed E-state index contributed by atoms with van der Waals surface area (Å²) < 4.78 is 5.02. The molecular weight excluding hydrogens is 393 g/mol. The molecule has 0 aromatic rings. The zero-order chi connectivity index (χ0) is 16.4. The second-order valence-corrected chi connectivity index (χ2v) is 12.1. The average molecular weight is 409 g/mol. The van der Waals surface area contributed by atoms with Crippen LogP contribution in [0.4, 0.5) is 0 Å². The Balaban J connectivity index is 2.11. The van der Waals surface area contributed by atoms with Crippen LogP contribution in [0, 0.1) is 0 Å². The lowest BCUT2D eigenvalue weighted by Gasteiger charge is -2.10. The molecule has 0 aromatic carbocycles. The molecule has 0 unspecified atom stereocenters. The van der Waals surface area contributed by atoms with Gasteiger partial charge >= 0.3 is 0 Å². The third kappa shape index (κ3) is 4.39. The highest BCUT2D eigenvalue weighted by Crippen LogP contribution is 2.63. The first kappa shape index (κ1) is 19.0. The van der Waals surface area contributed by atoms with Gasteiger partial charge in [0, 0.05) is 9.81 Å². The molecule has 0 saturated heterocycles. The molecule has 0 fully saturated rings. The van der Waals surface area contributed by atoms with E-state index in [0.29, 0.717) is 0 Å². The van der Waals surface area contributed by atoms with Crippen molar-refractivity contribution in [3.8, 4) is 0 Å². The second kappa shape index (κ2) is 8.16. The molecule has 0 spiro atoms. The number of rotatable bonds is 5. The maximum Gasteiger partial charge on any atom is 0.150 e. The van der Waals surface area contributed by atoms with Crippen molar-refractivity contribution in [1.29, 1.82) is 0 Å². The maximum atomic E-state index is 11.6. The van der Waals surface area contributed by atoms with Crippen molar-refractivity contribution in [1.82, 2.24) is 0 Å². The molecule has 120 valence electrons. The highest BCUT2D eigenvalue weighted by atomic mass is 32.2. The first-order valence-corrected chi connectivity index (χ1v) is 11.8. The fraction of sp³-hybridized carbons (Fsp3) is 0.429. The van der Waals surface area contributed by atoms with Gasteiger partial charge in [0.05, 0.1) is 16.9 Å². The van der Waals surface area contributed by atoms with E-state index in [2.05, 4.69) is 20.1 Å². The molecule has 2 rings (SSSR count). The normalized spacial score (nSPS) is 22.3. The minimum atomic E-state index is -0.576. The van der Waals surface area contributed by atoms with Crippen molar-refractivity contribution in [3.05, 3.63) is 26.8 Å². The monoisotopic (exact) mass is 408 g/mol. The Labute approximate surface area is 156 Å². The highest BCUT2D eigenvalue weighted by molar-refractivity contribution is 8.40. The molecule has 0 bridgehead atoms. The SMILES string of the molecule is CSC1=C(C)S/C(=C2/SC(C)=C(SC(C(C)=O)C(C)=O)S2)S1. The van der Waals surface area contributed by atoms with Crippen LogP contribution in [0.1, 0.15) is 27.7 Å². The lowest BCUT2D eigenvalue weighted by molar-refractivity contribution is -0.123. The Morgan fingerprint density at radius 1 is 0.864 bits per heavy atom. The van der Waals surface area contributed by atoms with Gasteiger partial charge in [0.15, 0.2) is 11.6 Å². The van der Waals surface area contributed by atoms with E-state index in [-0.39, 0.29) is 11.6 Å². The molecule has 0 aliphatic carbocycles. The second-order valence-electron chi connectivity index (χ2n) is 4.59. The summed E-state index contributed by atoms with van der Waals surface area (Å²) in [5.41, 5.74) is 0. The van der Waals surface area contributed by atoms with Gasteiger partial charge in [0.1, 0.15) is 5.25 Å². The van der Waals surface area contributed by atoms with E-state index in [1.165, 1.54) is 48.1 Å². The van der Waals surface area contributed by atoms with Crippen LogP contribution < -0.4 is 0 Å².